The number of rotatable bonds is 3. The first-order chi connectivity index (χ1) is 9.77. The van der Waals surface area contributed by atoms with E-state index in [0.29, 0.717) is 15.7 Å². The molecule has 0 saturated heterocycles. The Morgan fingerprint density at radius 2 is 1.81 bits per heavy atom. The molecular formula is C13H9Cl2NO4S. The van der Waals surface area contributed by atoms with E-state index in [1.807, 2.05) is 0 Å². The molecule has 0 spiro atoms. The van der Waals surface area contributed by atoms with Crippen molar-refractivity contribution in [2.24, 2.45) is 4.99 Å². The largest absolute Gasteiger partial charge is 0.507 e. The summed E-state index contributed by atoms with van der Waals surface area (Å²) in [7, 11) is -4.36. The molecule has 2 rings (SSSR count). The van der Waals surface area contributed by atoms with Crippen LogP contribution in [-0.2, 0) is 10.1 Å². The molecule has 0 saturated carbocycles. The highest BCUT2D eigenvalue weighted by molar-refractivity contribution is 7.85. The molecular weight excluding hydrogens is 337 g/mol. The van der Waals surface area contributed by atoms with Crippen LogP contribution in [-0.4, -0.2) is 24.3 Å². The summed E-state index contributed by atoms with van der Waals surface area (Å²) < 4.78 is 31.1. The van der Waals surface area contributed by atoms with E-state index in [2.05, 4.69) is 4.99 Å². The minimum absolute atomic E-state index is 0.121. The third kappa shape index (κ3) is 3.95. The van der Waals surface area contributed by atoms with E-state index in [4.69, 9.17) is 27.8 Å². The molecule has 0 aliphatic heterocycles. The monoisotopic (exact) mass is 345 g/mol. The molecule has 0 unspecified atom stereocenters. The maximum Gasteiger partial charge on any atom is 0.294 e. The SMILES string of the molecule is O=S(=O)(O)c1ccc(O)c(C=Nc2ccc(Cl)cc2Cl)c1. The van der Waals surface area contributed by atoms with Gasteiger partial charge in [0, 0.05) is 16.8 Å². The van der Waals surface area contributed by atoms with Gasteiger partial charge in [0.05, 0.1) is 15.6 Å². The topological polar surface area (TPSA) is 87.0 Å². The fraction of sp³-hybridized carbons (Fsp3) is 0. The van der Waals surface area contributed by atoms with Crippen LogP contribution in [0.1, 0.15) is 5.56 Å². The van der Waals surface area contributed by atoms with Gasteiger partial charge >= 0.3 is 0 Å². The molecule has 2 aromatic carbocycles. The van der Waals surface area contributed by atoms with Crippen molar-refractivity contribution in [1.82, 2.24) is 0 Å². The molecule has 5 nitrogen and oxygen atoms in total. The van der Waals surface area contributed by atoms with E-state index in [0.717, 1.165) is 18.2 Å². The lowest BCUT2D eigenvalue weighted by molar-refractivity contribution is 0.472. The van der Waals surface area contributed by atoms with Gasteiger partial charge in [-0.1, -0.05) is 23.2 Å². The maximum absolute atomic E-state index is 11.1. The van der Waals surface area contributed by atoms with Crippen LogP contribution in [0.5, 0.6) is 5.75 Å². The van der Waals surface area contributed by atoms with Crippen LogP contribution in [0.25, 0.3) is 0 Å². The zero-order chi connectivity index (χ0) is 15.6. The summed E-state index contributed by atoms with van der Waals surface area (Å²) in [5.41, 5.74) is 0.522. The second-order valence-corrected chi connectivity index (χ2v) is 6.31. The van der Waals surface area contributed by atoms with Crippen molar-refractivity contribution < 1.29 is 18.1 Å². The van der Waals surface area contributed by atoms with Crippen molar-refractivity contribution in [3.05, 3.63) is 52.0 Å². The van der Waals surface area contributed by atoms with Gasteiger partial charge in [-0.25, -0.2) is 0 Å². The lowest BCUT2D eigenvalue weighted by Gasteiger charge is -2.02. The van der Waals surface area contributed by atoms with Gasteiger partial charge in [-0.2, -0.15) is 8.42 Å². The number of benzene rings is 2. The van der Waals surface area contributed by atoms with Crippen molar-refractivity contribution in [1.29, 1.82) is 0 Å². The zero-order valence-corrected chi connectivity index (χ0v) is 12.7. The van der Waals surface area contributed by atoms with Gasteiger partial charge in [0.15, 0.2) is 0 Å². The zero-order valence-electron chi connectivity index (χ0n) is 10.4. The van der Waals surface area contributed by atoms with Gasteiger partial charge < -0.3 is 5.11 Å². The minimum atomic E-state index is -4.36. The fourth-order valence-electron chi connectivity index (χ4n) is 1.52. The number of aromatic hydroxyl groups is 1. The third-order valence-corrected chi connectivity index (χ3v) is 3.94. The predicted molar refractivity (Wildman–Crippen MR) is 81.6 cm³/mol. The van der Waals surface area contributed by atoms with Gasteiger partial charge in [-0.05, 0) is 36.4 Å². The van der Waals surface area contributed by atoms with Crippen LogP contribution >= 0.6 is 23.2 Å². The van der Waals surface area contributed by atoms with Crippen LogP contribution in [0.15, 0.2) is 46.3 Å². The molecule has 0 aliphatic rings. The van der Waals surface area contributed by atoms with Crippen LogP contribution in [0.2, 0.25) is 10.0 Å². The smallest absolute Gasteiger partial charge is 0.294 e. The Morgan fingerprint density at radius 1 is 1.10 bits per heavy atom. The highest BCUT2D eigenvalue weighted by atomic mass is 35.5. The van der Waals surface area contributed by atoms with Gasteiger partial charge in [0.1, 0.15) is 5.75 Å². The molecule has 0 amide bonds. The van der Waals surface area contributed by atoms with Crippen molar-refractivity contribution >= 4 is 45.2 Å². The molecule has 0 atom stereocenters. The number of hydrogen-bond acceptors (Lipinski definition) is 4. The molecule has 0 aliphatic carbocycles. The van der Waals surface area contributed by atoms with E-state index in [-0.39, 0.29) is 16.2 Å². The molecule has 0 fully saturated rings. The van der Waals surface area contributed by atoms with Crippen molar-refractivity contribution in [2.75, 3.05) is 0 Å². The molecule has 0 aromatic heterocycles. The number of phenols is 1. The number of halogens is 2. The van der Waals surface area contributed by atoms with Crippen molar-refractivity contribution in [3.8, 4) is 5.75 Å². The standard InChI is InChI=1S/C13H9Cl2NO4S/c14-9-1-3-12(11(15)6-9)16-7-8-5-10(21(18,19)20)2-4-13(8)17/h1-7,17H,(H,18,19,20). The van der Waals surface area contributed by atoms with Crippen LogP contribution in [0.4, 0.5) is 5.69 Å². The van der Waals surface area contributed by atoms with E-state index in [9.17, 15) is 13.5 Å². The summed E-state index contributed by atoms with van der Waals surface area (Å²) in [6.07, 6.45) is 1.24. The molecule has 8 heteroatoms. The van der Waals surface area contributed by atoms with Crippen LogP contribution in [0.3, 0.4) is 0 Å². The fourth-order valence-corrected chi connectivity index (χ4v) is 2.49. The summed E-state index contributed by atoms with van der Waals surface area (Å²) >= 11 is 11.7. The van der Waals surface area contributed by atoms with E-state index in [1.165, 1.54) is 12.3 Å². The average molecular weight is 346 g/mol. The number of hydrogen-bond donors (Lipinski definition) is 2. The predicted octanol–water partition coefficient (Wildman–Crippen LogP) is 3.70. The van der Waals surface area contributed by atoms with Crippen molar-refractivity contribution in [3.63, 3.8) is 0 Å². The molecule has 2 N–H and O–H groups in total. The second-order valence-electron chi connectivity index (χ2n) is 4.05. The van der Waals surface area contributed by atoms with E-state index < -0.39 is 10.1 Å². The Hall–Kier alpha value is -1.60. The summed E-state index contributed by atoms with van der Waals surface area (Å²) in [6.45, 7) is 0. The first kappa shape index (κ1) is 15.8. The lowest BCUT2D eigenvalue weighted by atomic mass is 10.2. The maximum atomic E-state index is 11.1. The highest BCUT2D eigenvalue weighted by Crippen LogP contribution is 2.28. The van der Waals surface area contributed by atoms with Crippen LogP contribution < -0.4 is 0 Å². The van der Waals surface area contributed by atoms with E-state index >= 15 is 0 Å². The summed E-state index contributed by atoms with van der Waals surface area (Å²) in [5.74, 6) is -0.184. The van der Waals surface area contributed by atoms with Crippen molar-refractivity contribution in [2.45, 2.75) is 4.90 Å². The number of phenolic OH excluding ortho intramolecular Hbond substituents is 1. The minimum Gasteiger partial charge on any atom is -0.507 e. The summed E-state index contributed by atoms with van der Waals surface area (Å²) in [5, 5.41) is 10.4. The highest BCUT2D eigenvalue weighted by Gasteiger charge is 2.11. The van der Waals surface area contributed by atoms with Gasteiger partial charge in [-0.3, -0.25) is 9.55 Å². The third-order valence-electron chi connectivity index (χ3n) is 2.55. The van der Waals surface area contributed by atoms with Gasteiger partial charge in [0.25, 0.3) is 10.1 Å². The molecule has 0 heterocycles. The first-order valence-corrected chi connectivity index (χ1v) is 7.76. The number of aliphatic imine (C=N–C) groups is 1. The summed E-state index contributed by atoms with van der Waals surface area (Å²) in [4.78, 5) is 3.71. The quantitative estimate of drug-likeness (QED) is 0.655. The molecule has 110 valence electrons. The van der Waals surface area contributed by atoms with Gasteiger partial charge in [0.2, 0.25) is 0 Å². The Labute approximate surface area is 131 Å². The Morgan fingerprint density at radius 3 is 2.43 bits per heavy atom. The Bertz CT molecular complexity index is 819. The van der Waals surface area contributed by atoms with Crippen LogP contribution in [0, 0.1) is 0 Å². The summed E-state index contributed by atoms with van der Waals surface area (Å²) in [6, 6.07) is 7.99. The molecule has 2 aromatic rings. The molecule has 21 heavy (non-hydrogen) atoms. The van der Waals surface area contributed by atoms with E-state index in [1.54, 1.807) is 12.1 Å². The lowest BCUT2D eigenvalue weighted by Crippen LogP contribution is -1.98. The second kappa shape index (κ2) is 6.03. The normalized spacial score (nSPS) is 12.0. The Balaban J connectivity index is 2.41. The van der Waals surface area contributed by atoms with Gasteiger partial charge in [-0.15, -0.1) is 0 Å². The molecule has 0 bridgehead atoms. The Kier molecular flexibility index (Phi) is 4.53. The first-order valence-electron chi connectivity index (χ1n) is 5.57. The average Bonchev–Trinajstić information content (AvgIpc) is 2.38. The number of nitrogens with zero attached hydrogens (tertiary/aromatic N) is 1. The molecule has 0 radical (unpaired) electrons.